The van der Waals surface area contributed by atoms with E-state index in [-0.39, 0.29) is 0 Å². The molecular formula is C18H20N4. The lowest BCUT2D eigenvalue weighted by molar-refractivity contribution is 0.247. The van der Waals surface area contributed by atoms with Gasteiger partial charge in [0.15, 0.2) is 0 Å². The number of fused-ring (bicyclic) bond motifs is 1. The van der Waals surface area contributed by atoms with Crippen LogP contribution >= 0.6 is 0 Å². The van der Waals surface area contributed by atoms with E-state index in [1.54, 1.807) is 0 Å². The number of hydrogen-bond donors (Lipinski definition) is 1. The smallest absolute Gasteiger partial charge is 0.0553 e. The average Bonchev–Trinajstić information content (AvgIpc) is 2.98. The Morgan fingerprint density at radius 1 is 1.00 bits per heavy atom. The Morgan fingerprint density at radius 3 is 2.64 bits per heavy atom. The van der Waals surface area contributed by atoms with Crippen molar-refractivity contribution in [2.75, 3.05) is 31.1 Å². The molecule has 0 saturated carbocycles. The number of benzene rings is 1. The third-order valence-corrected chi connectivity index (χ3v) is 4.36. The van der Waals surface area contributed by atoms with E-state index < -0.39 is 0 Å². The van der Waals surface area contributed by atoms with Crippen LogP contribution in [0.15, 0.2) is 54.9 Å². The van der Waals surface area contributed by atoms with Gasteiger partial charge in [0.1, 0.15) is 0 Å². The van der Waals surface area contributed by atoms with E-state index in [0.29, 0.717) is 0 Å². The molecule has 3 aromatic rings. The first-order valence-corrected chi connectivity index (χ1v) is 7.82. The van der Waals surface area contributed by atoms with Crippen molar-refractivity contribution in [3.8, 4) is 0 Å². The van der Waals surface area contributed by atoms with Crippen molar-refractivity contribution in [1.29, 1.82) is 0 Å². The number of nitrogens with zero attached hydrogens (tertiary/aromatic N) is 3. The van der Waals surface area contributed by atoms with Gasteiger partial charge in [-0.15, -0.1) is 0 Å². The van der Waals surface area contributed by atoms with Crippen LogP contribution in [0, 0.1) is 0 Å². The maximum atomic E-state index is 4.21. The molecule has 1 aromatic carbocycles. The quantitative estimate of drug-likeness (QED) is 0.806. The van der Waals surface area contributed by atoms with Crippen LogP contribution in [-0.4, -0.2) is 41.0 Å². The Balaban J connectivity index is 1.39. The number of aromatic nitrogens is 2. The van der Waals surface area contributed by atoms with Crippen molar-refractivity contribution in [2.45, 2.75) is 6.54 Å². The van der Waals surface area contributed by atoms with E-state index in [1.807, 2.05) is 18.5 Å². The zero-order chi connectivity index (χ0) is 14.8. The zero-order valence-electron chi connectivity index (χ0n) is 12.6. The van der Waals surface area contributed by atoms with Crippen molar-refractivity contribution in [1.82, 2.24) is 14.9 Å². The Morgan fingerprint density at radius 2 is 1.86 bits per heavy atom. The zero-order valence-corrected chi connectivity index (χ0v) is 12.6. The summed E-state index contributed by atoms with van der Waals surface area (Å²) in [6.45, 7) is 5.29. The lowest BCUT2D eigenvalue weighted by Gasteiger charge is -2.35. The lowest BCUT2D eigenvalue weighted by Crippen LogP contribution is -2.46. The maximum absolute atomic E-state index is 4.21. The van der Waals surface area contributed by atoms with E-state index >= 15 is 0 Å². The molecule has 4 nitrogen and oxygen atoms in total. The van der Waals surface area contributed by atoms with Gasteiger partial charge in [-0.05, 0) is 29.7 Å². The van der Waals surface area contributed by atoms with Gasteiger partial charge in [-0.3, -0.25) is 9.88 Å². The highest BCUT2D eigenvalue weighted by atomic mass is 15.3. The van der Waals surface area contributed by atoms with Crippen LogP contribution in [-0.2, 0) is 6.54 Å². The highest BCUT2D eigenvalue weighted by Gasteiger charge is 2.17. The van der Waals surface area contributed by atoms with E-state index in [2.05, 4.69) is 56.2 Å². The van der Waals surface area contributed by atoms with E-state index in [0.717, 1.165) is 32.7 Å². The van der Waals surface area contributed by atoms with Crippen molar-refractivity contribution >= 4 is 16.6 Å². The Labute approximate surface area is 130 Å². The number of aromatic amines is 1. The first-order valence-electron chi connectivity index (χ1n) is 7.82. The van der Waals surface area contributed by atoms with Gasteiger partial charge < -0.3 is 9.88 Å². The molecule has 1 saturated heterocycles. The summed E-state index contributed by atoms with van der Waals surface area (Å²) in [5, 5.41) is 1.30. The summed E-state index contributed by atoms with van der Waals surface area (Å²) >= 11 is 0. The number of rotatable bonds is 3. The van der Waals surface area contributed by atoms with Gasteiger partial charge in [0.05, 0.1) is 11.9 Å². The minimum atomic E-state index is 0.996. The van der Waals surface area contributed by atoms with Crippen molar-refractivity contribution in [3.63, 3.8) is 0 Å². The van der Waals surface area contributed by atoms with Gasteiger partial charge in [-0.25, -0.2) is 0 Å². The van der Waals surface area contributed by atoms with Crippen LogP contribution in [0.2, 0.25) is 0 Å². The third kappa shape index (κ3) is 2.70. The topological polar surface area (TPSA) is 35.2 Å². The molecule has 0 amide bonds. The molecule has 4 rings (SSSR count). The Bertz CT molecular complexity index is 709. The summed E-state index contributed by atoms with van der Waals surface area (Å²) in [6, 6.07) is 14.9. The van der Waals surface area contributed by atoms with Gasteiger partial charge in [-0.2, -0.15) is 0 Å². The molecule has 3 heterocycles. The first kappa shape index (κ1) is 13.3. The van der Waals surface area contributed by atoms with Gasteiger partial charge >= 0.3 is 0 Å². The van der Waals surface area contributed by atoms with Crippen molar-refractivity contribution in [2.24, 2.45) is 0 Å². The van der Waals surface area contributed by atoms with Gasteiger partial charge in [-0.1, -0.05) is 18.2 Å². The first-order chi connectivity index (χ1) is 10.9. The molecule has 1 aliphatic heterocycles. The predicted octanol–water partition coefficient (Wildman–Crippen LogP) is 2.89. The van der Waals surface area contributed by atoms with Gasteiger partial charge in [0, 0.05) is 50.1 Å². The molecule has 4 heteroatoms. The largest absolute Gasteiger partial charge is 0.368 e. The normalized spacial score (nSPS) is 16.3. The summed E-state index contributed by atoms with van der Waals surface area (Å²) in [7, 11) is 0. The minimum absolute atomic E-state index is 0.996. The van der Waals surface area contributed by atoms with Crippen LogP contribution in [0.3, 0.4) is 0 Å². The van der Waals surface area contributed by atoms with Gasteiger partial charge in [0.2, 0.25) is 0 Å². The molecule has 22 heavy (non-hydrogen) atoms. The highest BCUT2D eigenvalue weighted by molar-refractivity contribution is 5.80. The molecule has 0 aliphatic carbocycles. The van der Waals surface area contributed by atoms with E-state index in [9.17, 15) is 0 Å². The monoisotopic (exact) mass is 292 g/mol. The van der Waals surface area contributed by atoms with Crippen molar-refractivity contribution in [3.05, 3.63) is 60.6 Å². The van der Waals surface area contributed by atoms with Crippen LogP contribution in [0.4, 0.5) is 5.69 Å². The predicted molar refractivity (Wildman–Crippen MR) is 90.0 cm³/mol. The number of nitrogens with one attached hydrogen (secondary N) is 1. The SMILES string of the molecule is c1cncc(N2CCN(Cc3cc4ccccc4[nH]3)CC2)c1. The number of para-hydroxylation sites is 1. The molecule has 0 unspecified atom stereocenters. The molecule has 2 aromatic heterocycles. The van der Waals surface area contributed by atoms with Gasteiger partial charge in [0.25, 0.3) is 0 Å². The number of piperazine rings is 1. The standard InChI is InChI=1S/C18H20N4/c1-2-6-18-15(4-1)12-16(20-18)14-21-8-10-22(11-9-21)17-5-3-7-19-13-17/h1-7,12-13,20H,8-11,14H2. The summed E-state index contributed by atoms with van der Waals surface area (Å²) in [4.78, 5) is 12.7. The highest BCUT2D eigenvalue weighted by Crippen LogP contribution is 2.18. The summed E-state index contributed by atoms with van der Waals surface area (Å²) in [5.41, 5.74) is 3.76. The molecule has 0 atom stereocenters. The van der Waals surface area contributed by atoms with Crippen LogP contribution in [0.5, 0.6) is 0 Å². The minimum Gasteiger partial charge on any atom is -0.368 e. The van der Waals surface area contributed by atoms with E-state index in [1.165, 1.54) is 22.3 Å². The molecule has 0 spiro atoms. The fraction of sp³-hybridized carbons (Fsp3) is 0.278. The third-order valence-electron chi connectivity index (χ3n) is 4.36. The molecule has 1 aliphatic rings. The average molecular weight is 292 g/mol. The fourth-order valence-corrected chi connectivity index (χ4v) is 3.16. The van der Waals surface area contributed by atoms with E-state index in [4.69, 9.17) is 0 Å². The second-order valence-corrected chi connectivity index (χ2v) is 5.86. The Hall–Kier alpha value is -2.33. The summed E-state index contributed by atoms with van der Waals surface area (Å²) in [5.74, 6) is 0. The number of pyridine rings is 1. The second-order valence-electron chi connectivity index (χ2n) is 5.86. The molecule has 0 radical (unpaired) electrons. The second kappa shape index (κ2) is 5.81. The maximum Gasteiger partial charge on any atom is 0.0553 e. The summed E-state index contributed by atoms with van der Waals surface area (Å²) < 4.78 is 0. The Kier molecular flexibility index (Phi) is 3.52. The summed E-state index contributed by atoms with van der Waals surface area (Å²) in [6.07, 6.45) is 3.78. The molecule has 0 bridgehead atoms. The number of hydrogen-bond acceptors (Lipinski definition) is 3. The van der Waals surface area contributed by atoms with Crippen LogP contribution < -0.4 is 4.90 Å². The molecule has 1 N–H and O–H groups in total. The fourth-order valence-electron chi connectivity index (χ4n) is 3.16. The molecular weight excluding hydrogens is 272 g/mol. The van der Waals surface area contributed by atoms with Crippen LogP contribution in [0.1, 0.15) is 5.69 Å². The number of anilines is 1. The van der Waals surface area contributed by atoms with Crippen LogP contribution in [0.25, 0.3) is 10.9 Å². The lowest BCUT2D eigenvalue weighted by atomic mass is 10.2. The number of H-pyrrole nitrogens is 1. The molecule has 1 fully saturated rings. The molecule has 112 valence electrons. The van der Waals surface area contributed by atoms with Crippen molar-refractivity contribution < 1.29 is 0 Å².